The second kappa shape index (κ2) is 11.2. The molecule has 88 valence electrons. The summed E-state index contributed by atoms with van der Waals surface area (Å²) in [4.78, 5) is 10.2. The molecule has 0 saturated heterocycles. The fourth-order valence-corrected chi connectivity index (χ4v) is 1.41. The number of hydrazone groups is 1. The van der Waals surface area contributed by atoms with Crippen LogP contribution in [0, 0.1) is 0 Å². The molecule has 0 saturated carbocycles. The van der Waals surface area contributed by atoms with E-state index >= 15 is 0 Å². The van der Waals surface area contributed by atoms with Crippen molar-refractivity contribution in [3.63, 3.8) is 0 Å². The molecular formula is C12H24N2O. The number of unbranched alkanes of at least 4 members (excludes halogenated alkanes) is 7. The average molecular weight is 212 g/mol. The minimum Gasteiger partial charge on any atom is -0.277 e. The third-order valence-electron chi connectivity index (χ3n) is 2.35. The summed E-state index contributed by atoms with van der Waals surface area (Å²) in [7, 11) is 1.65. The van der Waals surface area contributed by atoms with Crippen LogP contribution in [0.2, 0.25) is 0 Å². The fraction of sp³-hybridized carbons (Fsp3) is 0.833. The fourth-order valence-electron chi connectivity index (χ4n) is 1.41. The molecule has 0 aromatic carbocycles. The van der Waals surface area contributed by atoms with E-state index in [2.05, 4.69) is 12.0 Å². The summed E-state index contributed by atoms with van der Waals surface area (Å²) < 4.78 is 0. The SMILES string of the molecule is CCCCCCCCC/C=N/N(C)C=O. The quantitative estimate of drug-likeness (QED) is 0.237. The van der Waals surface area contributed by atoms with Gasteiger partial charge in [0.2, 0.25) is 6.41 Å². The minimum absolute atomic E-state index is 0.710. The Morgan fingerprint density at radius 3 is 2.27 bits per heavy atom. The van der Waals surface area contributed by atoms with Crippen molar-refractivity contribution in [2.24, 2.45) is 5.10 Å². The molecule has 0 fully saturated rings. The molecule has 1 amide bonds. The van der Waals surface area contributed by atoms with E-state index in [1.807, 2.05) is 6.21 Å². The molecule has 0 aromatic heterocycles. The Hall–Kier alpha value is -0.860. The molecule has 0 N–H and O–H groups in total. The number of rotatable bonds is 10. The van der Waals surface area contributed by atoms with Gasteiger partial charge in [-0.15, -0.1) is 0 Å². The zero-order valence-corrected chi connectivity index (χ0v) is 10.1. The van der Waals surface area contributed by atoms with E-state index in [1.54, 1.807) is 7.05 Å². The van der Waals surface area contributed by atoms with E-state index in [-0.39, 0.29) is 0 Å². The van der Waals surface area contributed by atoms with E-state index in [9.17, 15) is 4.79 Å². The summed E-state index contributed by atoms with van der Waals surface area (Å²) in [5.74, 6) is 0. The predicted octanol–water partition coefficient (Wildman–Crippen LogP) is 3.20. The summed E-state index contributed by atoms with van der Waals surface area (Å²) in [5.41, 5.74) is 0. The van der Waals surface area contributed by atoms with Gasteiger partial charge in [-0.1, -0.05) is 45.4 Å². The normalized spacial score (nSPS) is 10.8. The molecule has 3 nitrogen and oxygen atoms in total. The van der Waals surface area contributed by atoms with Crippen molar-refractivity contribution < 1.29 is 4.79 Å². The van der Waals surface area contributed by atoms with Crippen molar-refractivity contribution in [3.8, 4) is 0 Å². The first kappa shape index (κ1) is 14.1. The van der Waals surface area contributed by atoms with Crippen LogP contribution in [0.5, 0.6) is 0 Å². The Morgan fingerprint density at radius 1 is 1.07 bits per heavy atom. The first-order valence-electron chi connectivity index (χ1n) is 6.01. The summed E-state index contributed by atoms with van der Waals surface area (Å²) >= 11 is 0. The topological polar surface area (TPSA) is 32.7 Å². The van der Waals surface area contributed by atoms with Crippen molar-refractivity contribution in [1.29, 1.82) is 0 Å². The van der Waals surface area contributed by atoms with Gasteiger partial charge in [0, 0.05) is 13.3 Å². The van der Waals surface area contributed by atoms with Gasteiger partial charge in [-0.2, -0.15) is 5.10 Å². The highest BCUT2D eigenvalue weighted by molar-refractivity contribution is 5.59. The van der Waals surface area contributed by atoms with Gasteiger partial charge in [-0.05, 0) is 12.8 Å². The van der Waals surface area contributed by atoms with Gasteiger partial charge >= 0.3 is 0 Å². The second-order valence-corrected chi connectivity index (χ2v) is 3.89. The molecule has 0 radical (unpaired) electrons. The molecule has 0 aromatic rings. The zero-order valence-electron chi connectivity index (χ0n) is 10.1. The first-order chi connectivity index (χ1) is 7.31. The van der Waals surface area contributed by atoms with Crippen molar-refractivity contribution in [2.45, 2.75) is 58.3 Å². The molecule has 0 rings (SSSR count). The van der Waals surface area contributed by atoms with E-state index in [1.165, 1.54) is 50.0 Å². The van der Waals surface area contributed by atoms with Gasteiger partial charge in [-0.25, -0.2) is 5.01 Å². The zero-order chi connectivity index (χ0) is 11.4. The van der Waals surface area contributed by atoms with Crippen molar-refractivity contribution in [2.75, 3.05) is 7.05 Å². The van der Waals surface area contributed by atoms with Gasteiger partial charge in [0.25, 0.3) is 0 Å². The molecule has 3 heteroatoms. The van der Waals surface area contributed by atoms with Gasteiger partial charge in [0.15, 0.2) is 0 Å². The Morgan fingerprint density at radius 2 is 1.67 bits per heavy atom. The minimum atomic E-state index is 0.710. The number of hydrogen-bond acceptors (Lipinski definition) is 2. The van der Waals surface area contributed by atoms with E-state index in [4.69, 9.17) is 0 Å². The summed E-state index contributed by atoms with van der Waals surface area (Å²) in [6.45, 7) is 2.24. The van der Waals surface area contributed by atoms with Crippen LogP contribution in [0.15, 0.2) is 5.10 Å². The molecule has 0 aliphatic rings. The monoisotopic (exact) mass is 212 g/mol. The highest BCUT2D eigenvalue weighted by Crippen LogP contribution is 2.07. The van der Waals surface area contributed by atoms with Crippen LogP contribution in [-0.4, -0.2) is 24.7 Å². The molecule has 0 aliphatic carbocycles. The summed E-state index contributed by atoms with van der Waals surface area (Å²) in [6.07, 6.45) is 12.7. The maximum atomic E-state index is 10.2. The number of hydrogen-bond donors (Lipinski definition) is 0. The van der Waals surface area contributed by atoms with Crippen molar-refractivity contribution >= 4 is 12.6 Å². The third kappa shape index (κ3) is 11.1. The molecule has 0 spiro atoms. The van der Waals surface area contributed by atoms with Crippen molar-refractivity contribution in [1.82, 2.24) is 5.01 Å². The number of amides is 1. The third-order valence-corrected chi connectivity index (χ3v) is 2.35. The highest BCUT2D eigenvalue weighted by Gasteiger charge is 1.90. The largest absolute Gasteiger partial charge is 0.277 e. The van der Waals surface area contributed by atoms with E-state index in [0.717, 1.165) is 6.42 Å². The molecule has 0 bridgehead atoms. The Balaban J connectivity index is 3.11. The lowest BCUT2D eigenvalue weighted by Gasteiger charge is -2.01. The average Bonchev–Trinajstić information content (AvgIpc) is 2.26. The lowest BCUT2D eigenvalue weighted by molar-refractivity contribution is -0.116. The van der Waals surface area contributed by atoms with E-state index in [0.29, 0.717) is 6.41 Å². The molecule has 0 heterocycles. The van der Waals surface area contributed by atoms with Gasteiger partial charge in [-0.3, -0.25) is 4.79 Å². The second-order valence-electron chi connectivity index (χ2n) is 3.89. The first-order valence-corrected chi connectivity index (χ1v) is 6.01. The molecule has 0 atom stereocenters. The lowest BCUT2D eigenvalue weighted by atomic mass is 10.1. The van der Waals surface area contributed by atoms with Gasteiger partial charge < -0.3 is 0 Å². The Kier molecular flexibility index (Phi) is 10.6. The number of nitrogens with zero attached hydrogens (tertiary/aromatic N) is 2. The van der Waals surface area contributed by atoms with Crippen LogP contribution in [0.4, 0.5) is 0 Å². The van der Waals surface area contributed by atoms with Crippen LogP contribution >= 0.6 is 0 Å². The highest BCUT2D eigenvalue weighted by atomic mass is 16.1. The van der Waals surface area contributed by atoms with Crippen LogP contribution < -0.4 is 0 Å². The molecule has 0 unspecified atom stereocenters. The standard InChI is InChI=1S/C12H24N2O/c1-3-4-5-6-7-8-9-10-11-13-14(2)12-15/h11-12H,3-10H2,1-2H3/b13-11+. The maximum absolute atomic E-state index is 10.2. The van der Waals surface area contributed by atoms with Gasteiger partial charge in [0.1, 0.15) is 0 Å². The van der Waals surface area contributed by atoms with E-state index < -0.39 is 0 Å². The Labute approximate surface area is 93.5 Å². The van der Waals surface area contributed by atoms with Crippen LogP contribution in [0.3, 0.4) is 0 Å². The lowest BCUT2D eigenvalue weighted by Crippen LogP contribution is -2.06. The van der Waals surface area contributed by atoms with Crippen molar-refractivity contribution in [3.05, 3.63) is 0 Å². The Bertz CT molecular complexity index is 169. The summed E-state index contributed by atoms with van der Waals surface area (Å²) in [5, 5.41) is 5.22. The van der Waals surface area contributed by atoms with Crippen LogP contribution in [-0.2, 0) is 4.79 Å². The number of carbonyl (C=O) groups excluding carboxylic acids is 1. The molecular weight excluding hydrogens is 188 g/mol. The van der Waals surface area contributed by atoms with Crippen LogP contribution in [0.1, 0.15) is 58.3 Å². The van der Waals surface area contributed by atoms with Gasteiger partial charge in [0.05, 0.1) is 0 Å². The molecule has 15 heavy (non-hydrogen) atoms. The molecule has 0 aliphatic heterocycles. The predicted molar refractivity (Wildman–Crippen MR) is 64.9 cm³/mol. The van der Waals surface area contributed by atoms with Crippen LogP contribution in [0.25, 0.3) is 0 Å². The smallest absolute Gasteiger partial charge is 0.229 e. The number of carbonyl (C=O) groups is 1. The maximum Gasteiger partial charge on any atom is 0.229 e. The summed E-state index contributed by atoms with van der Waals surface area (Å²) in [6, 6.07) is 0.